The first kappa shape index (κ1) is 17.8. The number of ether oxygens (including phenoxy) is 1. The van der Waals surface area contributed by atoms with Crippen LogP contribution in [0.1, 0.15) is 38.3 Å². The second-order valence-corrected chi connectivity index (χ2v) is 7.10. The molecule has 1 aromatic rings. The highest BCUT2D eigenvalue weighted by Gasteiger charge is 2.41. The standard InChI is InChI=1S/C18H22N2O4/c1-18(2,3)24-17(23)20-11-14(9-15(20)16(21)22)8-12-5-4-6-13(7-12)10-19/h4-7,14-15H,8-9,11H2,1-3H3,(H,21,22)/t14?,15-/m0/s1. The van der Waals surface area contributed by atoms with Crippen LogP contribution in [0.25, 0.3) is 0 Å². The average molecular weight is 330 g/mol. The molecule has 6 nitrogen and oxygen atoms in total. The zero-order chi connectivity index (χ0) is 17.9. The SMILES string of the molecule is CC(C)(C)OC(=O)N1CC(Cc2cccc(C#N)c2)C[C@H]1C(=O)O. The summed E-state index contributed by atoms with van der Waals surface area (Å²) < 4.78 is 5.32. The highest BCUT2D eigenvalue weighted by molar-refractivity contribution is 5.81. The van der Waals surface area contributed by atoms with Crippen LogP contribution in [-0.4, -0.2) is 40.3 Å². The van der Waals surface area contributed by atoms with E-state index in [-0.39, 0.29) is 5.92 Å². The number of likely N-dealkylation sites (tertiary alicyclic amines) is 1. The number of nitriles is 1. The zero-order valence-electron chi connectivity index (χ0n) is 14.2. The molecule has 1 N–H and O–H groups in total. The molecular weight excluding hydrogens is 308 g/mol. The Morgan fingerprint density at radius 1 is 1.42 bits per heavy atom. The molecular formula is C18H22N2O4. The Balaban J connectivity index is 2.10. The molecule has 0 aromatic heterocycles. The molecule has 128 valence electrons. The summed E-state index contributed by atoms with van der Waals surface area (Å²) >= 11 is 0. The van der Waals surface area contributed by atoms with Crippen molar-refractivity contribution in [3.05, 3.63) is 35.4 Å². The molecule has 6 heteroatoms. The molecule has 1 heterocycles. The molecule has 1 aliphatic heterocycles. The first-order valence-electron chi connectivity index (χ1n) is 7.91. The highest BCUT2D eigenvalue weighted by atomic mass is 16.6. The topological polar surface area (TPSA) is 90.6 Å². The summed E-state index contributed by atoms with van der Waals surface area (Å²) in [6, 6.07) is 8.47. The number of hydrogen-bond donors (Lipinski definition) is 1. The van der Waals surface area contributed by atoms with Gasteiger partial charge in [-0.3, -0.25) is 4.90 Å². The quantitative estimate of drug-likeness (QED) is 0.920. The molecule has 0 aliphatic carbocycles. The van der Waals surface area contributed by atoms with Crippen molar-refractivity contribution in [2.45, 2.75) is 45.3 Å². The van der Waals surface area contributed by atoms with Gasteiger partial charge in [0, 0.05) is 6.54 Å². The van der Waals surface area contributed by atoms with E-state index in [1.165, 1.54) is 4.90 Å². The van der Waals surface area contributed by atoms with Gasteiger partial charge in [-0.2, -0.15) is 5.26 Å². The molecule has 2 rings (SSSR count). The van der Waals surface area contributed by atoms with Crippen molar-refractivity contribution < 1.29 is 19.4 Å². The van der Waals surface area contributed by atoms with Crippen LogP contribution in [0.4, 0.5) is 4.79 Å². The van der Waals surface area contributed by atoms with E-state index in [0.717, 1.165) is 5.56 Å². The van der Waals surface area contributed by atoms with E-state index in [1.54, 1.807) is 32.9 Å². The molecule has 1 amide bonds. The third-order valence-electron chi connectivity index (χ3n) is 3.88. The minimum absolute atomic E-state index is 0.0209. The summed E-state index contributed by atoms with van der Waals surface area (Å²) in [7, 11) is 0. The summed E-state index contributed by atoms with van der Waals surface area (Å²) in [5.41, 5.74) is 0.873. The number of carboxylic acid groups (broad SMARTS) is 1. The Morgan fingerprint density at radius 3 is 2.71 bits per heavy atom. The van der Waals surface area contributed by atoms with Crippen LogP contribution in [0.5, 0.6) is 0 Å². The normalized spacial score (nSPS) is 20.5. The third kappa shape index (κ3) is 4.48. The van der Waals surface area contributed by atoms with Crippen LogP contribution < -0.4 is 0 Å². The van der Waals surface area contributed by atoms with E-state index in [2.05, 4.69) is 6.07 Å². The minimum Gasteiger partial charge on any atom is -0.480 e. The predicted octanol–water partition coefficient (Wildman–Crippen LogP) is 2.81. The Labute approximate surface area is 141 Å². The number of carboxylic acids is 1. The number of amides is 1. The Kier molecular flexibility index (Phi) is 5.13. The van der Waals surface area contributed by atoms with Crippen molar-refractivity contribution in [3.8, 4) is 6.07 Å². The molecule has 2 atom stereocenters. The minimum atomic E-state index is -1.02. The molecule has 24 heavy (non-hydrogen) atoms. The van der Waals surface area contributed by atoms with Gasteiger partial charge in [-0.1, -0.05) is 12.1 Å². The Morgan fingerprint density at radius 2 is 2.12 bits per heavy atom. The van der Waals surface area contributed by atoms with Crippen LogP contribution in [-0.2, 0) is 16.0 Å². The average Bonchev–Trinajstić information content (AvgIpc) is 2.90. The highest BCUT2D eigenvalue weighted by Crippen LogP contribution is 2.28. The van der Waals surface area contributed by atoms with E-state index in [1.807, 2.05) is 12.1 Å². The molecule has 1 fully saturated rings. The van der Waals surface area contributed by atoms with E-state index in [9.17, 15) is 14.7 Å². The van der Waals surface area contributed by atoms with Crippen molar-refractivity contribution in [1.29, 1.82) is 5.26 Å². The van der Waals surface area contributed by atoms with Gasteiger partial charge in [0.15, 0.2) is 0 Å². The number of carbonyl (C=O) groups is 2. The molecule has 0 spiro atoms. The Bertz CT molecular complexity index is 672. The van der Waals surface area contributed by atoms with Gasteiger partial charge in [-0.05, 0) is 57.2 Å². The van der Waals surface area contributed by atoms with Gasteiger partial charge in [0.1, 0.15) is 11.6 Å². The molecule has 1 aromatic carbocycles. The maximum atomic E-state index is 12.3. The molecule has 0 radical (unpaired) electrons. The molecule has 0 saturated carbocycles. The largest absolute Gasteiger partial charge is 0.480 e. The fraction of sp³-hybridized carbons (Fsp3) is 0.500. The van der Waals surface area contributed by atoms with Crippen LogP contribution in [0.15, 0.2) is 24.3 Å². The summed E-state index contributed by atoms with van der Waals surface area (Å²) in [5.74, 6) is -0.998. The fourth-order valence-corrected chi connectivity index (χ4v) is 2.93. The number of carbonyl (C=O) groups excluding carboxylic acids is 1. The van der Waals surface area contributed by atoms with E-state index in [0.29, 0.717) is 24.9 Å². The van der Waals surface area contributed by atoms with Crippen LogP contribution in [0, 0.1) is 17.2 Å². The molecule has 1 saturated heterocycles. The predicted molar refractivity (Wildman–Crippen MR) is 87.3 cm³/mol. The first-order valence-corrected chi connectivity index (χ1v) is 7.91. The van der Waals surface area contributed by atoms with Gasteiger partial charge in [-0.25, -0.2) is 9.59 Å². The maximum absolute atomic E-state index is 12.3. The Hall–Kier alpha value is -2.55. The summed E-state index contributed by atoms with van der Waals surface area (Å²) in [6.45, 7) is 5.59. The van der Waals surface area contributed by atoms with Gasteiger partial charge >= 0.3 is 12.1 Å². The third-order valence-corrected chi connectivity index (χ3v) is 3.88. The van der Waals surface area contributed by atoms with Crippen molar-refractivity contribution in [2.24, 2.45) is 5.92 Å². The summed E-state index contributed by atoms with van der Waals surface area (Å²) in [4.78, 5) is 25.1. The second kappa shape index (κ2) is 6.91. The molecule has 1 aliphatic rings. The number of benzene rings is 1. The van der Waals surface area contributed by atoms with Crippen LogP contribution >= 0.6 is 0 Å². The van der Waals surface area contributed by atoms with Crippen molar-refractivity contribution in [3.63, 3.8) is 0 Å². The number of aliphatic carboxylic acids is 1. The van der Waals surface area contributed by atoms with Gasteiger partial charge in [-0.15, -0.1) is 0 Å². The fourth-order valence-electron chi connectivity index (χ4n) is 2.93. The lowest BCUT2D eigenvalue weighted by atomic mass is 9.96. The zero-order valence-corrected chi connectivity index (χ0v) is 14.2. The lowest BCUT2D eigenvalue weighted by Gasteiger charge is -2.26. The van der Waals surface area contributed by atoms with E-state index >= 15 is 0 Å². The van der Waals surface area contributed by atoms with Crippen molar-refractivity contribution in [1.82, 2.24) is 4.90 Å². The molecule has 0 bridgehead atoms. The monoisotopic (exact) mass is 330 g/mol. The van der Waals surface area contributed by atoms with Gasteiger partial charge in [0.25, 0.3) is 0 Å². The number of hydrogen-bond acceptors (Lipinski definition) is 4. The first-order chi connectivity index (χ1) is 11.2. The van der Waals surface area contributed by atoms with E-state index < -0.39 is 23.7 Å². The van der Waals surface area contributed by atoms with Gasteiger partial charge < -0.3 is 9.84 Å². The van der Waals surface area contributed by atoms with Crippen LogP contribution in [0.2, 0.25) is 0 Å². The van der Waals surface area contributed by atoms with Crippen LogP contribution in [0.3, 0.4) is 0 Å². The smallest absolute Gasteiger partial charge is 0.411 e. The number of nitrogens with zero attached hydrogens (tertiary/aromatic N) is 2. The lowest BCUT2D eigenvalue weighted by molar-refractivity contribution is -0.142. The maximum Gasteiger partial charge on any atom is 0.411 e. The summed E-state index contributed by atoms with van der Waals surface area (Å²) in [5, 5.41) is 18.4. The van der Waals surface area contributed by atoms with Gasteiger partial charge in [0.2, 0.25) is 0 Å². The van der Waals surface area contributed by atoms with Crippen molar-refractivity contribution in [2.75, 3.05) is 6.54 Å². The molecule has 1 unspecified atom stereocenters. The van der Waals surface area contributed by atoms with E-state index in [4.69, 9.17) is 10.00 Å². The second-order valence-electron chi connectivity index (χ2n) is 7.10. The van der Waals surface area contributed by atoms with Gasteiger partial charge in [0.05, 0.1) is 11.6 Å². The lowest BCUT2D eigenvalue weighted by Crippen LogP contribution is -2.43. The summed E-state index contributed by atoms with van der Waals surface area (Å²) in [6.07, 6.45) is 0.410. The number of rotatable bonds is 3. The van der Waals surface area contributed by atoms with Crippen molar-refractivity contribution >= 4 is 12.1 Å².